The zero-order chi connectivity index (χ0) is 16.4. The van der Waals surface area contributed by atoms with E-state index in [0.717, 1.165) is 41.2 Å². The van der Waals surface area contributed by atoms with Crippen LogP contribution in [0.2, 0.25) is 5.02 Å². The molecule has 122 valence electrons. The third kappa shape index (κ3) is 3.41. The molecule has 6 heteroatoms. The summed E-state index contributed by atoms with van der Waals surface area (Å²) >= 11 is 5.91. The maximum absolute atomic E-state index is 12.8. The molecule has 1 aromatic heterocycles. The Labute approximate surface area is 141 Å². The van der Waals surface area contributed by atoms with Crippen molar-refractivity contribution in [3.8, 4) is 0 Å². The number of rotatable bonds is 4. The molecular formula is C17H21ClN4O. The molecule has 0 bridgehead atoms. The number of likely N-dealkylation sites (N-methyl/N-ethyl adjacent to an activating group) is 1. The van der Waals surface area contributed by atoms with E-state index in [-0.39, 0.29) is 11.9 Å². The molecule has 2 N–H and O–H groups in total. The van der Waals surface area contributed by atoms with Gasteiger partial charge in [-0.05, 0) is 31.0 Å². The number of nitrogens with one attached hydrogen (secondary N) is 2. The lowest BCUT2D eigenvalue weighted by Crippen LogP contribution is -2.37. The van der Waals surface area contributed by atoms with Gasteiger partial charge in [-0.1, -0.05) is 23.7 Å². The minimum absolute atomic E-state index is 0.0346. The molecule has 0 saturated carbocycles. The van der Waals surface area contributed by atoms with E-state index in [1.54, 1.807) is 4.90 Å². The van der Waals surface area contributed by atoms with Crippen molar-refractivity contribution in [2.24, 2.45) is 0 Å². The summed E-state index contributed by atoms with van der Waals surface area (Å²) in [5, 5.41) is 11.3. The average molecular weight is 333 g/mol. The lowest BCUT2D eigenvalue weighted by molar-refractivity contribution is 0.0736. The predicted octanol–water partition coefficient (Wildman–Crippen LogP) is 2.41. The van der Waals surface area contributed by atoms with Gasteiger partial charge in [0, 0.05) is 48.9 Å². The maximum Gasteiger partial charge on any atom is 0.274 e. The van der Waals surface area contributed by atoms with E-state index < -0.39 is 0 Å². The molecule has 1 aliphatic rings. The Kier molecular flexibility index (Phi) is 4.68. The Morgan fingerprint density at radius 2 is 2.13 bits per heavy atom. The van der Waals surface area contributed by atoms with Gasteiger partial charge in [-0.25, -0.2) is 0 Å². The van der Waals surface area contributed by atoms with Gasteiger partial charge in [0.1, 0.15) is 0 Å². The molecule has 1 aliphatic heterocycles. The summed E-state index contributed by atoms with van der Waals surface area (Å²) in [4.78, 5) is 14.5. The summed E-state index contributed by atoms with van der Waals surface area (Å²) in [6, 6.07) is 7.82. The van der Waals surface area contributed by atoms with Crippen LogP contribution in [-0.2, 0) is 19.4 Å². The van der Waals surface area contributed by atoms with Crippen LogP contribution in [0.1, 0.15) is 34.2 Å². The molecule has 1 aromatic carbocycles. The van der Waals surface area contributed by atoms with Crippen LogP contribution in [0.4, 0.5) is 0 Å². The predicted molar refractivity (Wildman–Crippen MR) is 90.7 cm³/mol. The largest absolute Gasteiger partial charge is 0.337 e. The smallest absolute Gasteiger partial charge is 0.274 e. The van der Waals surface area contributed by atoms with Crippen LogP contribution in [0.5, 0.6) is 0 Å². The number of benzene rings is 1. The van der Waals surface area contributed by atoms with Gasteiger partial charge in [0.25, 0.3) is 5.91 Å². The topological polar surface area (TPSA) is 61.0 Å². The average Bonchev–Trinajstić information content (AvgIpc) is 2.99. The van der Waals surface area contributed by atoms with Gasteiger partial charge in [0.2, 0.25) is 0 Å². The number of halogens is 1. The van der Waals surface area contributed by atoms with E-state index in [9.17, 15) is 4.79 Å². The van der Waals surface area contributed by atoms with Gasteiger partial charge in [0.15, 0.2) is 5.69 Å². The molecule has 0 spiro atoms. The zero-order valence-electron chi connectivity index (χ0n) is 13.4. The van der Waals surface area contributed by atoms with Crippen LogP contribution >= 0.6 is 11.6 Å². The summed E-state index contributed by atoms with van der Waals surface area (Å²) in [7, 11) is 1.83. The molecule has 2 aromatic rings. The Morgan fingerprint density at radius 1 is 1.39 bits per heavy atom. The zero-order valence-corrected chi connectivity index (χ0v) is 14.2. The first-order chi connectivity index (χ1) is 11.1. The van der Waals surface area contributed by atoms with Crippen LogP contribution in [-0.4, -0.2) is 40.6 Å². The number of amides is 1. The quantitative estimate of drug-likeness (QED) is 0.904. The fourth-order valence-electron chi connectivity index (χ4n) is 2.87. The molecule has 0 saturated heterocycles. The number of aromatic amines is 1. The van der Waals surface area contributed by atoms with Gasteiger partial charge in [-0.3, -0.25) is 9.89 Å². The summed E-state index contributed by atoms with van der Waals surface area (Å²) in [6.45, 7) is 3.67. The summed E-state index contributed by atoms with van der Waals surface area (Å²) in [5.74, 6) is -0.0346. The number of fused-ring (bicyclic) bond motifs is 1. The van der Waals surface area contributed by atoms with Crippen molar-refractivity contribution in [1.29, 1.82) is 0 Å². The third-order valence-electron chi connectivity index (χ3n) is 4.43. The molecule has 23 heavy (non-hydrogen) atoms. The molecule has 3 rings (SSSR count). The molecule has 0 radical (unpaired) electrons. The molecular weight excluding hydrogens is 312 g/mol. The van der Waals surface area contributed by atoms with Crippen molar-refractivity contribution >= 4 is 17.5 Å². The number of aromatic nitrogens is 2. The first kappa shape index (κ1) is 16.0. The van der Waals surface area contributed by atoms with Gasteiger partial charge in [-0.15, -0.1) is 0 Å². The van der Waals surface area contributed by atoms with Crippen LogP contribution in [0.25, 0.3) is 0 Å². The van der Waals surface area contributed by atoms with Gasteiger partial charge in [-0.2, -0.15) is 5.10 Å². The van der Waals surface area contributed by atoms with Crippen molar-refractivity contribution in [3.63, 3.8) is 0 Å². The summed E-state index contributed by atoms with van der Waals surface area (Å²) in [6.07, 6.45) is 1.67. The van der Waals surface area contributed by atoms with E-state index in [4.69, 9.17) is 11.6 Å². The molecule has 5 nitrogen and oxygen atoms in total. The van der Waals surface area contributed by atoms with Crippen LogP contribution in [0.15, 0.2) is 24.3 Å². The Morgan fingerprint density at radius 3 is 2.87 bits per heavy atom. The van der Waals surface area contributed by atoms with Crippen molar-refractivity contribution in [3.05, 3.63) is 51.8 Å². The Hall–Kier alpha value is -1.85. The highest BCUT2D eigenvalue weighted by atomic mass is 35.5. The number of carbonyl (C=O) groups excluding carboxylic acids is 1. The highest BCUT2D eigenvalue weighted by molar-refractivity contribution is 6.30. The SMILES string of the molecule is CC(Cc1ccc(Cl)cc1)N(C)C(=O)c1n[nH]c2c1CNCC2. The summed E-state index contributed by atoms with van der Waals surface area (Å²) < 4.78 is 0. The third-order valence-corrected chi connectivity index (χ3v) is 4.69. The number of hydrogen-bond donors (Lipinski definition) is 2. The lowest BCUT2D eigenvalue weighted by Gasteiger charge is -2.25. The monoisotopic (exact) mass is 332 g/mol. The highest BCUT2D eigenvalue weighted by Crippen LogP contribution is 2.19. The minimum atomic E-state index is -0.0346. The summed E-state index contributed by atoms with van der Waals surface area (Å²) in [5.41, 5.74) is 3.78. The van der Waals surface area contributed by atoms with Crippen molar-refractivity contribution in [2.75, 3.05) is 13.6 Å². The lowest BCUT2D eigenvalue weighted by atomic mass is 10.0. The minimum Gasteiger partial charge on any atom is -0.337 e. The van der Waals surface area contributed by atoms with E-state index in [1.165, 1.54) is 0 Å². The molecule has 0 aliphatic carbocycles. The number of carbonyl (C=O) groups is 1. The van der Waals surface area contributed by atoms with Gasteiger partial charge < -0.3 is 10.2 Å². The number of hydrogen-bond acceptors (Lipinski definition) is 3. The van der Waals surface area contributed by atoms with E-state index in [0.29, 0.717) is 12.2 Å². The molecule has 2 heterocycles. The molecule has 1 amide bonds. The molecule has 0 fully saturated rings. The van der Waals surface area contributed by atoms with E-state index in [1.807, 2.05) is 38.2 Å². The molecule has 1 atom stereocenters. The van der Waals surface area contributed by atoms with E-state index in [2.05, 4.69) is 15.5 Å². The number of nitrogens with zero attached hydrogens (tertiary/aromatic N) is 2. The van der Waals surface area contributed by atoms with Crippen LogP contribution in [0.3, 0.4) is 0 Å². The standard InChI is InChI=1S/C17H21ClN4O/c1-11(9-12-3-5-13(18)6-4-12)22(2)17(23)16-14-10-19-8-7-15(14)20-21-16/h3-6,11,19H,7-10H2,1-2H3,(H,20,21). The maximum atomic E-state index is 12.8. The number of H-pyrrole nitrogens is 1. The Balaban J connectivity index is 1.71. The van der Waals surface area contributed by atoms with Crippen molar-refractivity contribution < 1.29 is 4.79 Å². The second-order valence-electron chi connectivity index (χ2n) is 6.05. The van der Waals surface area contributed by atoms with Crippen molar-refractivity contribution in [2.45, 2.75) is 32.4 Å². The fourth-order valence-corrected chi connectivity index (χ4v) is 2.99. The first-order valence-electron chi connectivity index (χ1n) is 7.84. The fraction of sp³-hybridized carbons (Fsp3) is 0.412. The van der Waals surface area contributed by atoms with Crippen molar-refractivity contribution in [1.82, 2.24) is 20.4 Å². The highest BCUT2D eigenvalue weighted by Gasteiger charge is 2.26. The van der Waals surface area contributed by atoms with Gasteiger partial charge >= 0.3 is 0 Å². The molecule has 1 unspecified atom stereocenters. The first-order valence-corrected chi connectivity index (χ1v) is 8.22. The Bertz CT molecular complexity index is 695. The second-order valence-corrected chi connectivity index (χ2v) is 6.49. The van der Waals surface area contributed by atoms with Gasteiger partial charge in [0.05, 0.1) is 0 Å². The second kappa shape index (κ2) is 6.72. The normalized spacial score (nSPS) is 15.1. The van der Waals surface area contributed by atoms with E-state index >= 15 is 0 Å². The van der Waals surface area contributed by atoms with Crippen LogP contribution in [0, 0.1) is 0 Å². The van der Waals surface area contributed by atoms with Crippen LogP contribution < -0.4 is 5.32 Å².